The lowest BCUT2D eigenvalue weighted by Crippen LogP contribution is -2.19. The van der Waals surface area contributed by atoms with E-state index in [9.17, 15) is 4.79 Å². The number of hydrogen-bond acceptors (Lipinski definition) is 5. The highest BCUT2D eigenvalue weighted by molar-refractivity contribution is 5.87. The zero-order chi connectivity index (χ0) is 16.0. The molecule has 1 saturated carbocycles. The van der Waals surface area contributed by atoms with E-state index in [1.54, 1.807) is 6.08 Å². The Hall–Kier alpha value is -1.17. The lowest BCUT2D eigenvalue weighted by atomic mass is 9.98. The molecule has 0 spiro atoms. The molecule has 22 heavy (non-hydrogen) atoms. The Labute approximate surface area is 133 Å². The fraction of sp³-hybridized carbons (Fsp3) is 0.706. The highest BCUT2D eigenvalue weighted by atomic mass is 16.7. The van der Waals surface area contributed by atoms with E-state index < -0.39 is 5.97 Å². The van der Waals surface area contributed by atoms with Crippen molar-refractivity contribution in [3.63, 3.8) is 0 Å². The van der Waals surface area contributed by atoms with E-state index in [2.05, 4.69) is 13.2 Å². The summed E-state index contributed by atoms with van der Waals surface area (Å²) in [5, 5.41) is 0. The lowest BCUT2D eigenvalue weighted by molar-refractivity contribution is -0.150. The van der Waals surface area contributed by atoms with Gasteiger partial charge in [-0.05, 0) is 12.8 Å². The first-order valence-corrected chi connectivity index (χ1v) is 7.97. The Balaban J connectivity index is 1.93. The predicted octanol–water partition coefficient (Wildman–Crippen LogP) is 3.00. The number of esters is 1. The second-order valence-electron chi connectivity index (χ2n) is 5.31. The summed E-state index contributed by atoms with van der Waals surface area (Å²) in [6, 6.07) is 0. The molecule has 0 aliphatic heterocycles. The minimum Gasteiger partial charge on any atom is -0.435 e. The van der Waals surface area contributed by atoms with E-state index in [1.807, 2.05) is 0 Å². The maximum atomic E-state index is 11.5. The monoisotopic (exact) mass is 312 g/mol. The largest absolute Gasteiger partial charge is 0.435 e. The molecule has 1 aliphatic rings. The summed E-state index contributed by atoms with van der Waals surface area (Å²) in [5.41, 5.74) is 0.385. The summed E-state index contributed by atoms with van der Waals surface area (Å²) in [5.74, 6) is -0.453. The number of carbonyl (C=O) groups excluding carboxylic acids is 1. The van der Waals surface area contributed by atoms with Crippen LogP contribution in [0.4, 0.5) is 0 Å². The molecule has 0 atom stereocenters. The molecule has 0 bridgehead atoms. The fourth-order valence-electron chi connectivity index (χ4n) is 2.23. The van der Waals surface area contributed by atoms with Crippen LogP contribution in [0.3, 0.4) is 0 Å². The third-order valence-electron chi connectivity index (χ3n) is 3.48. The maximum absolute atomic E-state index is 11.5. The number of hydrogen-bond donors (Lipinski definition) is 0. The topological polar surface area (TPSA) is 54.0 Å². The van der Waals surface area contributed by atoms with Crippen LogP contribution in [0.2, 0.25) is 0 Å². The first-order chi connectivity index (χ1) is 10.7. The van der Waals surface area contributed by atoms with Crippen LogP contribution in [0.15, 0.2) is 24.8 Å². The van der Waals surface area contributed by atoms with E-state index in [4.69, 9.17) is 18.9 Å². The molecule has 1 fully saturated rings. The van der Waals surface area contributed by atoms with Crippen molar-refractivity contribution in [2.75, 3.05) is 33.2 Å². The van der Waals surface area contributed by atoms with Gasteiger partial charge in [-0.2, -0.15) is 0 Å². The molecule has 5 heteroatoms. The van der Waals surface area contributed by atoms with Gasteiger partial charge in [-0.1, -0.05) is 31.9 Å². The molecule has 0 amide bonds. The van der Waals surface area contributed by atoms with Gasteiger partial charge < -0.3 is 18.9 Å². The molecule has 0 radical (unpaired) electrons. The Morgan fingerprint density at radius 1 is 1.09 bits per heavy atom. The van der Waals surface area contributed by atoms with Crippen LogP contribution in [0, 0.1) is 0 Å². The van der Waals surface area contributed by atoms with Crippen molar-refractivity contribution < 1.29 is 23.7 Å². The quantitative estimate of drug-likeness (QED) is 0.182. The second kappa shape index (κ2) is 12.4. The molecule has 0 aromatic carbocycles. The smallest absolute Gasteiger partial charge is 0.335 e. The van der Waals surface area contributed by atoms with Gasteiger partial charge in [0.1, 0.15) is 0 Å². The van der Waals surface area contributed by atoms with Crippen LogP contribution in [-0.4, -0.2) is 45.3 Å². The van der Waals surface area contributed by atoms with Gasteiger partial charge >= 0.3 is 5.97 Å². The van der Waals surface area contributed by atoms with Crippen molar-refractivity contribution in [3.8, 4) is 0 Å². The Morgan fingerprint density at radius 2 is 1.86 bits per heavy atom. The van der Waals surface area contributed by atoms with Gasteiger partial charge in [-0.3, -0.25) is 0 Å². The SMILES string of the molecule is C=CCOCOC(=O)C(=C)CCOCCOC1CCCCC1. The molecular formula is C17H28O5. The zero-order valence-electron chi connectivity index (χ0n) is 13.4. The van der Waals surface area contributed by atoms with Crippen molar-refractivity contribution in [3.05, 3.63) is 24.8 Å². The molecular weight excluding hydrogens is 284 g/mol. The van der Waals surface area contributed by atoms with Gasteiger partial charge in [-0.15, -0.1) is 6.58 Å². The van der Waals surface area contributed by atoms with Gasteiger partial charge in [0.15, 0.2) is 6.79 Å². The molecule has 0 aromatic heterocycles. The normalized spacial score (nSPS) is 15.5. The van der Waals surface area contributed by atoms with Crippen LogP contribution >= 0.6 is 0 Å². The molecule has 1 aliphatic carbocycles. The Morgan fingerprint density at radius 3 is 2.59 bits per heavy atom. The van der Waals surface area contributed by atoms with Gasteiger partial charge in [0.05, 0.1) is 32.5 Å². The van der Waals surface area contributed by atoms with Crippen molar-refractivity contribution in [1.29, 1.82) is 0 Å². The zero-order valence-corrected chi connectivity index (χ0v) is 13.4. The summed E-state index contributed by atoms with van der Waals surface area (Å²) < 4.78 is 21.0. The van der Waals surface area contributed by atoms with Gasteiger partial charge in [0.25, 0.3) is 0 Å². The number of ether oxygens (including phenoxy) is 4. The highest BCUT2D eigenvalue weighted by Crippen LogP contribution is 2.19. The van der Waals surface area contributed by atoms with Gasteiger partial charge in [0.2, 0.25) is 0 Å². The summed E-state index contributed by atoms with van der Waals surface area (Å²) in [7, 11) is 0. The van der Waals surface area contributed by atoms with E-state index in [-0.39, 0.29) is 6.79 Å². The minimum atomic E-state index is -0.453. The standard InChI is InChI=1S/C17H28O5/c1-3-10-20-14-22-17(18)15(2)9-11-19-12-13-21-16-7-5-4-6-8-16/h3,16H,1-2,4-14H2. The van der Waals surface area contributed by atoms with Gasteiger partial charge in [0, 0.05) is 12.0 Å². The summed E-state index contributed by atoms with van der Waals surface area (Å²) in [6.45, 7) is 9.04. The van der Waals surface area contributed by atoms with Crippen molar-refractivity contribution in [2.24, 2.45) is 0 Å². The third-order valence-corrected chi connectivity index (χ3v) is 3.48. The highest BCUT2D eigenvalue weighted by Gasteiger charge is 2.13. The first-order valence-electron chi connectivity index (χ1n) is 7.97. The molecule has 0 aromatic rings. The Bertz CT molecular complexity index is 334. The first kappa shape index (κ1) is 18.9. The molecule has 0 heterocycles. The molecule has 1 rings (SSSR count). The average molecular weight is 312 g/mol. The minimum absolute atomic E-state index is 0.0834. The Kier molecular flexibility index (Phi) is 10.6. The van der Waals surface area contributed by atoms with Crippen LogP contribution in [0.5, 0.6) is 0 Å². The number of carbonyl (C=O) groups is 1. The van der Waals surface area contributed by atoms with E-state index >= 15 is 0 Å². The summed E-state index contributed by atoms with van der Waals surface area (Å²) in [4.78, 5) is 11.5. The van der Waals surface area contributed by atoms with Gasteiger partial charge in [-0.25, -0.2) is 4.79 Å². The van der Waals surface area contributed by atoms with Crippen molar-refractivity contribution >= 4 is 5.97 Å². The van der Waals surface area contributed by atoms with E-state index in [0.29, 0.717) is 44.5 Å². The molecule has 0 saturated heterocycles. The van der Waals surface area contributed by atoms with Crippen molar-refractivity contribution in [2.45, 2.75) is 44.6 Å². The molecule has 5 nitrogen and oxygen atoms in total. The van der Waals surface area contributed by atoms with E-state index in [0.717, 1.165) is 12.8 Å². The fourth-order valence-corrected chi connectivity index (χ4v) is 2.23. The average Bonchev–Trinajstić information content (AvgIpc) is 2.55. The van der Waals surface area contributed by atoms with Crippen LogP contribution < -0.4 is 0 Å². The summed E-state index contributed by atoms with van der Waals surface area (Å²) >= 11 is 0. The van der Waals surface area contributed by atoms with Crippen molar-refractivity contribution in [1.82, 2.24) is 0 Å². The molecule has 0 N–H and O–H groups in total. The number of rotatable bonds is 12. The lowest BCUT2D eigenvalue weighted by Gasteiger charge is -2.21. The molecule has 0 unspecified atom stereocenters. The predicted molar refractivity (Wildman–Crippen MR) is 84.5 cm³/mol. The second-order valence-corrected chi connectivity index (χ2v) is 5.31. The van der Waals surface area contributed by atoms with E-state index in [1.165, 1.54) is 19.3 Å². The summed E-state index contributed by atoms with van der Waals surface area (Å²) in [6.07, 6.45) is 8.63. The molecule has 126 valence electrons. The van der Waals surface area contributed by atoms with Crippen LogP contribution in [0.25, 0.3) is 0 Å². The van der Waals surface area contributed by atoms with Crippen LogP contribution in [-0.2, 0) is 23.7 Å². The van der Waals surface area contributed by atoms with Crippen LogP contribution in [0.1, 0.15) is 38.5 Å². The maximum Gasteiger partial charge on any atom is 0.335 e. The third kappa shape index (κ3) is 8.97.